The van der Waals surface area contributed by atoms with Crippen molar-refractivity contribution in [2.45, 2.75) is 56.1 Å². The first kappa shape index (κ1) is 23.6. The number of fused-ring (bicyclic) bond motifs is 1. The summed E-state index contributed by atoms with van der Waals surface area (Å²) in [6.07, 6.45) is 1.37. The zero-order valence-electron chi connectivity index (χ0n) is 17.9. The number of aryl methyl sites for hydroxylation is 1. The van der Waals surface area contributed by atoms with Crippen LogP contribution in [0.15, 0.2) is 44.4 Å². The predicted octanol–water partition coefficient (Wildman–Crippen LogP) is 3.52. The lowest BCUT2D eigenvalue weighted by atomic mass is 9.88. The van der Waals surface area contributed by atoms with E-state index in [0.29, 0.717) is 12.0 Å². The number of aliphatic hydroxyl groups excluding tert-OH is 1. The van der Waals surface area contributed by atoms with Gasteiger partial charge in [0.1, 0.15) is 11.9 Å². The maximum atomic E-state index is 15.0. The first-order chi connectivity index (χ1) is 15.6. The van der Waals surface area contributed by atoms with E-state index in [1.807, 2.05) is 0 Å². The third-order valence-corrected chi connectivity index (χ3v) is 7.74. The lowest BCUT2D eigenvalue weighted by molar-refractivity contribution is 0.199. The topological polar surface area (TPSA) is 125 Å². The largest absolute Gasteiger partial charge is 0.434 e. The van der Waals surface area contributed by atoms with Gasteiger partial charge >= 0.3 is 5.76 Å². The van der Waals surface area contributed by atoms with Crippen molar-refractivity contribution in [3.8, 4) is 0 Å². The molecule has 3 N–H and O–H groups in total. The molecule has 1 aliphatic rings. The highest BCUT2D eigenvalue weighted by molar-refractivity contribution is 7.89. The Hall–Kier alpha value is -2.53. The molecule has 1 unspecified atom stereocenters. The van der Waals surface area contributed by atoms with Crippen LogP contribution in [0.2, 0.25) is 5.02 Å². The van der Waals surface area contributed by atoms with Crippen LogP contribution < -0.4 is 10.5 Å². The smallest absolute Gasteiger partial charge is 0.391 e. The van der Waals surface area contributed by atoms with Crippen molar-refractivity contribution in [1.82, 2.24) is 14.9 Å². The Labute approximate surface area is 194 Å². The van der Waals surface area contributed by atoms with Gasteiger partial charge in [-0.2, -0.15) is 4.72 Å². The van der Waals surface area contributed by atoms with E-state index in [0.717, 1.165) is 24.0 Å². The SMILES string of the molecule is CC(O)c1cc(S(=O)(=O)N[C@H](c2n[nH]c(=O)o2)[C@H](C)c2c(F)ccc3c2CCC3)ccc1Cl. The Balaban J connectivity index is 1.78. The Morgan fingerprint density at radius 2 is 2.00 bits per heavy atom. The molecule has 8 nitrogen and oxygen atoms in total. The number of nitrogens with one attached hydrogen (secondary N) is 2. The van der Waals surface area contributed by atoms with Gasteiger partial charge in [-0.25, -0.2) is 22.7 Å². The number of aliphatic hydroxyl groups is 1. The predicted molar refractivity (Wildman–Crippen MR) is 119 cm³/mol. The second kappa shape index (κ2) is 9.02. The summed E-state index contributed by atoms with van der Waals surface area (Å²) in [5, 5.41) is 16.1. The minimum absolute atomic E-state index is 0.156. The second-order valence-corrected chi connectivity index (χ2v) is 10.3. The van der Waals surface area contributed by atoms with Gasteiger partial charge in [-0.3, -0.25) is 0 Å². The molecule has 2 aromatic carbocycles. The molecule has 0 spiro atoms. The van der Waals surface area contributed by atoms with Crippen molar-refractivity contribution in [2.75, 3.05) is 0 Å². The molecule has 0 radical (unpaired) electrons. The van der Waals surface area contributed by atoms with E-state index in [9.17, 15) is 22.7 Å². The average Bonchev–Trinajstić information content (AvgIpc) is 3.40. The maximum Gasteiger partial charge on any atom is 0.434 e. The monoisotopic (exact) mass is 495 g/mol. The number of hydrogen-bond acceptors (Lipinski definition) is 6. The van der Waals surface area contributed by atoms with Crippen LogP contribution in [0, 0.1) is 5.82 Å². The quantitative estimate of drug-likeness (QED) is 0.460. The van der Waals surface area contributed by atoms with E-state index >= 15 is 0 Å². The van der Waals surface area contributed by atoms with Gasteiger partial charge in [0.05, 0.1) is 11.0 Å². The van der Waals surface area contributed by atoms with Gasteiger partial charge in [-0.15, -0.1) is 5.10 Å². The summed E-state index contributed by atoms with van der Waals surface area (Å²) in [7, 11) is -4.21. The highest BCUT2D eigenvalue weighted by Gasteiger charge is 2.35. The van der Waals surface area contributed by atoms with Gasteiger partial charge in [0, 0.05) is 16.5 Å². The molecule has 0 saturated carbocycles. The number of hydrogen-bond donors (Lipinski definition) is 3. The summed E-state index contributed by atoms with van der Waals surface area (Å²) < 4.78 is 49.1. The Morgan fingerprint density at radius 1 is 1.24 bits per heavy atom. The highest BCUT2D eigenvalue weighted by Crippen LogP contribution is 2.38. The molecular formula is C22H23ClFN3O5S. The first-order valence-electron chi connectivity index (χ1n) is 10.4. The molecule has 1 aromatic heterocycles. The van der Waals surface area contributed by atoms with Crippen LogP contribution in [0.1, 0.15) is 66.5 Å². The second-order valence-electron chi connectivity index (χ2n) is 8.15. The van der Waals surface area contributed by atoms with Crippen LogP contribution in [-0.2, 0) is 22.9 Å². The first-order valence-corrected chi connectivity index (χ1v) is 12.3. The molecule has 3 atom stereocenters. The molecular weight excluding hydrogens is 473 g/mol. The number of nitrogens with zero attached hydrogens (tertiary/aromatic N) is 1. The normalized spacial score (nSPS) is 16.4. The van der Waals surface area contributed by atoms with Gasteiger partial charge in [-0.1, -0.05) is 24.6 Å². The van der Waals surface area contributed by atoms with Gasteiger partial charge in [0.2, 0.25) is 15.9 Å². The van der Waals surface area contributed by atoms with Crippen molar-refractivity contribution in [1.29, 1.82) is 0 Å². The number of aromatic amines is 1. The molecule has 33 heavy (non-hydrogen) atoms. The lowest BCUT2D eigenvalue weighted by Gasteiger charge is -2.25. The van der Waals surface area contributed by atoms with Crippen LogP contribution in [0.5, 0.6) is 0 Å². The van der Waals surface area contributed by atoms with Crippen LogP contribution in [0.4, 0.5) is 4.39 Å². The fourth-order valence-corrected chi connectivity index (χ4v) is 5.89. The van der Waals surface area contributed by atoms with Crippen molar-refractivity contribution < 1.29 is 22.3 Å². The summed E-state index contributed by atoms with van der Waals surface area (Å²) in [5.41, 5.74) is 2.46. The molecule has 176 valence electrons. The summed E-state index contributed by atoms with van der Waals surface area (Å²) in [6.45, 7) is 3.12. The van der Waals surface area contributed by atoms with Gasteiger partial charge in [0.15, 0.2) is 0 Å². The average molecular weight is 496 g/mol. The van der Waals surface area contributed by atoms with E-state index < -0.39 is 39.7 Å². The molecule has 0 aliphatic heterocycles. The van der Waals surface area contributed by atoms with E-state index in [1.54, 1.807) is 13.0 Å². The Kier molecular flexibility index (Phi) is 6.45. The zero-order valence-corrected chi connectivity index (χ0v) is 19.5. The van der Waals surface area contributed by atoms with Gasteiger partial charge in [0.25, 0.3) is 0 Å². The summed E-state index contributed by atoms with van der Waals surface area (Å²) >= 11 is 6.07. The molecule has 0 saturated heterocycles. The van der Waals surface area contributed by atoms with Crippen molar-refractivity contribution in [2.24, 2.45) is 0 Å². The van der Waals surface area contributed by atoms with Crippen molar-refractivity contribution in [3.05, 3.63) is 79.9 Å². The van der Waals surface area contributed by atoms with Crippen LogP contribution in [0.25, 0.3) is 0 Å². The third-order valence-electron chi connectivity index (χ3n) is 5.96. The number of halogens is 2. The van der Waals surface area contributed by atoms with E-state index in [1.165, 1.54) is 31.2 Å². The van der Waals surface area contributed by atoms with E-state index in [2.05, 4.69) is 14.9 Å². The minimum Gasteiger partial charge on any atom is -0.391 e. The van der Waals surface area contributed by atoms with E-state index in [-0.39, 0.29) is 21.4 Å². The van der Waals surface area contributed by atoms with Crippen molar-refractivity contribution >= 4 is 21.6 Å². The van der Waals surface area contributed by atoms with Crippen LogP contribution in [0.3, 0.4) is 0 Å². The summed E-state index contributed by atoms with van der Waals surface area (Å²) in [6, 6.07) is 5.86. The number of rotatable bonds is 7. The fourth-order valence-electron chi connectivity index (χ4n) is 4.31. The van der Waals surface area contributed by atoms with E-state index in [4.69, 9.17) is 16.0 Å². The number of H-pyrrole nitrogens is 1. The summed E-state index contributed by atoms with van der Waals surface area (Å²) in [4.78, 5) is 11.5. The number of benzene rings is 2. The van der Waals surface area contributed by atoms with Crippen molar-refractivity contribution in [3.63, 3.8) is 0 Å². The Morgan fingerprint density at radius 3 is 2.67 bits per heavy atom. The standard InChI is InChI=1S/C22H23ClFN3O5S/c1-11(19-15-5-3-4-13(15)6-9-18(19)24)20(21-25-26-22(29)32-21)27-33(30,31)14-7-8-17(23)16(10-14)12(2)28/h6-12,20,27-28H,3-5H2,1-2H3,(H,26,29)/t11-,12?,20+/m1/s1. The highest BCUT2D eigenvalue weighted by atomic mass is 35.5. The maximum absolute atomic E-state index is 15.0. The summed E-state index contributed by atoms with van der Waals surface area (Å²) in [5.74, 6) is -2.28. The molecule has 1 aliphatic carbocycles. The molecule has 3 aromatic rings. The molecule has 11 heteroatoms. The third kappa shape index (κ3) is 4.61. The Bertz CT molecular complexity index is 1350. The zero-order chi connectivity index (χ0) is 23.9. The lowest BCUT2D eigenvalue weighted by Crippen LogP contribution is -2.33. The van der Waals surface area contributed by atoms with Gasteiger partial charge in [-0.05, 0) is 67.1 Å². The molecule has 0 amide bonds. The molecule has 0 bridgehead atoms. The molecule has 1 heterocycles. The van der Waals surface area contributed by atoms with Crippen LogP contribution >= 0.6 is 11.6 Å². The van der Waals surface area contributed by atoms with Gasteiger partial charge < -0.3 is 9.52 Å². The number of sulfonamides is 1. The molecule has 0 fully saturated rings. The number of aromatic nitrogens is 2. The molecule has 4 rings (SSSR count). The fraction of sp³-hybridized carbons (Fsp3) is 0.364. The minimum atomic E-state index is -4.21. The van der Waals surface area contributed by atoms with Crippen LogP contribution in [-0.4, -0.2) is 23.7 Å².